The van der Waals surface area contributed by atoms with Crippen LogP contribution < -0.4 is 20.7 Å². The molecule has 51 heavy (non-hydrogen) atoms. The van der Waals surface area contributed by atoms with E-state index in [9.17, 15) is 32.3 Å². The van der Waals surface area contributed by atoms with Gasteiger partial charge in [0.25, 0.3) is 11.8 Å². The Balaban J connectivity index is 0.959. The first kappa shape index (κ1) is 35.2. The number of nitrogens with one attached hydrogen (secondary N) is 3. The van der Waals surface area contributed by atoms with Gasteiger partial charge in [0.1, 0.15) is 11.8 Å². The SMILES string of the molecule is Cn1cnc(-c2cc(C(=O)NCCCCCOc3ccc4c(c3)CN([C@H]3CCC(=O)NC3=O)C4=O)ccc2NCc2ccc(C(F)(F)F)cc2)c1. The van der Waals surface area contributed by atoms with Crippen molar-refractivity contribution >= 4 is 29.3 Å². The molecule has 0 saturated carbocycles. The number of amides is 4. The van der Waals surface area contributed by atoms with Crippen LogP contribution in [0.5, 0.6) is 5.75 Å². The van der Waals surface area contributed by atoms with Gasteiger partial charge >= 0.3 is 6.18 Å². The number of benzene rings is 3. The predicted octanol–water partition coefficient (Wildman–Crippen LogP) is 5.46. The van der Waals surface area contributed by atoms with E-state index in [0.717, 1.165) is 37.0 Å². The quantitative estimate of drug-likeness (QED) is 0.125. The number of rotatable bonds is 13. The maximum Gasteiger partial charge on any atom is 0.416 e. The molecule has 2 aliphatic rings. The van der Waals surface area contributed by atoms with Crippen molar-refractivity contribution in [1.82, 2.24) is 25.1 Å². The third kappa shape index (κ3) is 8.39. The second-order valence-electron chi connectivity index (χ2n) is 12.6. The Labute approximate surface area is 292 Å². The van der Waals surface area contributed by atoms with E-state index >= 15 is 0 Å². The molecular weight excluding hydrogens is 665 g/mol. The van der Waals surface area contributed by atoms with E-state index in [4.69, 9.17) is 4.74 Å². The van der Waals surface area contributed by atoms with Gasteiger partial charge in [-0.05, 0) is 85.3 Å². The van der Waals surface area contributed by atoms with E-state index in [1.54, 1.807) is 41.2 Å². The van der Waals surface area contributed by atoms with Crippen LogP contribution in [0.4, 0.5) is 18.9 Å². The second kappa shape index (κ2) is 15.1. The fourth-order valence-electron chi connectivity index (χ4n) is 6.15. The number of carbonyl (C=O) groups is 4. The molecule has 266 valence electrons. The van der Waals surface area contributed by atoms with Crippen LogP contribution in [-0.2, 0) is 35.9 Å². The van der Waals surface area contributed by atoms with E-state index in [-0.39, 0.29) is 37.2 Å². The number of hydrogen-bond acceptors (Lipinski definition) is 7. The molecule has 1 fully saturated rings. The number of imide groups is 1. The Bertz CT molecular complexity index is 1940. The Morgan fingerprint density at radius 3 is 2.53 bits per heavy atom. The molecule has 4 aromatic rings. The normalized spacial score (nSPS) is 15.8. The number of carbonyl (C=O) groups excluding carboxylic acids is 4. The number of piperidine rings is 1. The zero-order chi connectivity index (χ0) is 36.1. The number of imidazole rings is 1. The summed E-state index contributed by atoms with van der Waals surface area (Å²) in [6.45, 7) is 1.47. The predicted molar refractivity (Wildman–Crippen MR) is 182 cm³/mol. The monoisotopic (exact) mass is 702 g/mol. The maximum atomic E-state index is 13.0. The molecule has 0 aliphatic carbocycles. The topological polar surface area (TPSA) is 135 Å². The Hall–Kier alpha value is -5.66. The van der Waals surface area contributed by atoms with Gasteiger partial charge < -0.3 is 24.8 Å². The molecule has 1 atom stereocenters. The van der Waals surface area contributed by atoms with Crippen LogP contribution in [-0.4, -0.2) is 57.3 Å². The molecule has 14 heteroatoms. The highest BCUT2D eigenvalue weighted by Crippen LogP contribution is 2.32. The molecule has 3 heterocycles. The molecule has 0 bridgehead atoms. The zero-order valence-corrected chi connectivity index (χ0v) is 27.9. The molecule has 0 unspecified atom stereocenters. The van der Waals surface area contributed by atoms with Crippen LogP contribution in [0.1, 0.15) is 69.5 Å². The third-order valence-electron chi connectivity index (χ3n) is 8.90. The van der Waals surface area contributed by atoms with E-state index in [1.807, 2.05) is 19.3 Å². The number of aromatic nitrogens is 2. The van der Waals surface area contributed by atoms with Gasteiger partial charge in [-0.25, -0.2) is 4.98 Å². The molecule has 2 aliphatic heterocycles. The Morgan fingerprint density at radius 1 is 1.00 bits per heavy atom. The number of nitrogens with zero attached hydrogens (tertiary/aromatic N) is 3. The summed E-state index contributed by atoms with van der Waals surface area (Å²) in [5, 5.41) is 8.52. The number of ether oxygens (including phenoxy) is 1. The lowest BCUT2D eigenvalue weighted by Crippen LogP contribution is -2.52. The summed E-state index contributed by atoms with van der Waals surface area (Å²) >= 11 is 0. The summed E-state index contributed by atoms with van der Waals surface area (Å²) in [5.74, 6) is -0.617. The van der Waals surface area contributed by atoms with Crippen molar-refractivity contribution in [2.75, 3.05) is 18.5 Å². The average molecular weight is 703 g/mol. The standard InChI is InChI=1S/C37H37F3N6O5/c1-45-21-31(43-22-45)29-18-24(7-12-30(29)42-19-23-5-8-26(9-6-23)37(38,39)40)34(48)41-15-3-2-4-16-51-27-10-11-28-25(17-27)20-46(36(28)50)32-13-14-33(47)44-35(32)49/h5-12,17-18,21-22,32,42H,2-4,13-16,19-20H2,1H3,(H,41,48)(H,44,47,49)/t32-/m0/s1. The third-order valence-corrected chi connectivity index (χ3v) is 8.90. The summed E-state index contributed by atoms with van der Waals surface area (Å²) in [6.07, 6.45) is 1.86. The molecule has 4 amide bonds. The number of anilines is 1. The lowest BCUT2D eigenvalue weighted by Gasteiger charge is -2.29. The van der Waals surface area contributed by atoms with Crippen LogP contribution in [0.3, 0.4) is 0 Å². The summed E-state index contributed by atoms with van der Waals surface area (Å²) in [5.41, 5.74) is 3.73. The summed E-state index contributed by atoms with van der Waals surface area (Å²) < 4.78 is 46.5. The van der Waals surface area contributed by atoms with Crippen molar-refractivity contribution in [3.8, 4) is 17.0 Å². The highest BCUT2D eigenvalue weighted by molar-refractivity contribution is 6.05. The van der Waals surface area contributed by atoms with Crippen molar-refractivity contribution < 1.29 is 37.1 Å². The first-order valence-electron chi connectivity index (χ1n) is 16.7. The van der Waals surface area contributed by atoms with Crippen molar-refractivity contribution in [2.24, 2.45) is 7.05 Å². The first-order chi connectivity index (χ1) is 24.5. The molecule has 11 nitrogen and oxygen atoms in total. The molecule has 0 radical (unpaired) electrons. The summed E-state index contributed by atoms with van der Waals surface area (Å²) in [4.78, 5) is 55.7. The molecule has 0 spiro atoms. The number of unbranched alkanes of at least 4 members (excludes halogenated alkanes) is 2. The molecule has 1 saturated heterocycles. The summed E-state index contributed by atoms with van der Waals surface area (Å²) in [6, 6.07) is 14.8. The number of hydrogen-bond donors (Lipinski definition) is 3. The first-order valence-corrected chi connectivity index (χ1v) is 16.7. The van der Waals surface area contributed by atoms with Crippen LogP contribution in [0.2, 0.25) is 0 Å². The maximum absolute atomic E-state index is 13.0. The number of alkyl halides is 3. The highest BCUT2D eigenvalue weighted by atomic mass is 19.4. The smallest absolute Gasteiger partial charge is 0.416 e. The average Bonchev–Trinajstić information content (AvgIpc) is 3.68. The van der Waals surface area contributed by atoms with E-state index in [1.165, 1.54) is 17.0 Å². The lowest BCUT2D eigenvalue weighted by atomic mass is 10.0. The van der Waals surface area contributed by atoms with Gasteiger partial charge in [-0.3, -0.25) is 24.5 Å². The minimum absolute atomic E-state index is 0.200. The molecule has 6 rings (SSSR count). The van der Waals surface area contributed by atoms with Crippen LogP contribution >= 0.6 is 0 Å². The highest BCUT2D eigenvalue weighted by Gasteiger charge is 2.39. The van der Waals surface area contributed by atoms with Gasteiger partial charge in [-0.15, -0.1) is 0 Å². The van der Waals surface area contributed by atoms with Crippen molar-refractivity contribution in [3.05, 3.63) is 101 Å². The number of aryl methyl sites for hydroxylation is 1. The van der Waals surface area contributed by atoms with Crippen molar-refractivity contribution in [3.63, 3.8) is 0 Å². The van der Waals surface area contributed by atoms with Gasteiger partial charge in [-0.1, -0.05) is 12.1 Å². The zero-order valence-electron chi connectivity index (χ0n) is 27.9. The van der Waals surface area contributed by atoms with Gasteiger partial charge in [0, 0.05) is 61.7 Å². The van der Waals surface area contributed by atoms with Crippen LogP contribution in [0.15, 0.2) is 73.2 Å². The molecular formula is C37H37F3N6O5. The fraction of sp³-hybridized carbons (Fsp3) is 0.324. The van der Waals surface area contributed by atoms with E-state index in [0.29, 0.717) is 59.0 Å². The number of fused-ring (bicyclic) bond motifs is 1. The van der Waals surface area contributed by atoms with E-state index < -0.39 is 23.7 Å². The minimum atomic E-state index is -4.40. The van der Waals surface area contributed by atoms with Gasteiger partial charge in [0.15, 0.2) is 0 Å². The van der Waals surface area contributed by atoms with Crippen molar-refractivity contribution in [1.29, 1.82) is 0 Å². The van der Waals surface area contributed by atoms with Crippen molar-refractivity contribution in [2.45, 2.75) is 57.4 Å². The van der Waals surface area contributed by atoms with Gasteiger partial charge in [0.05, 0.1) is 24.2 Å². The van der Waals surface area contributed by atoms with Gasteiger partial charge in [-0.2, -0.15) is 13.2 Å². The molecule has 3 aromatic carbocycles. The van der Waals surface area contributed by atoms with Crippen LogP contribution in [0.25, 0.3) is 11.3 Å². The Morgan fingerprint density at radius 2 is 1.80 bits per heavy atom. The summed E-state index contributed by atoms with van der Waals surface area (Å²) in [7, 11) is 1.83. The second-order valence-corrected chi connectivity index (χ2v) is 12.6. The lowest BCUT2D eigenvalue weighted by molar-refractivity contribution is -0.138. The molecule has 1 aromatic heterocycles. The van der Waals surface area contributed by atoms with Crippen LogP contribution in [0, 0.1) is 0 Å². The fourth-order valence-corrected chi connectivity index (χ4v) is 6.15. The van der Waals surface area contributed by atoms with Gasteiger partial charge in [0.2, 0.25) is 11.8 Å². The minimum Gasteiger partial charge on any atom is -0.494 e. The van der Waals surface area contributed by atoms with E-state index in [2.05, 4.69) is 20.9 Å². The number of halogens is 3. The molecule has 3 N–H and O–H groups in total. The Kier molecular flexibility index (Phi) is 10.4. The largest absolute Gasteiger partial charge is 0.494 e.